The standard InChI is InChI=1S/C22H27ClN2O5S/c1-15(2)25(16(3)4)21(26)14-30-22(27)17-8-6-11-20(12-17)31(28,29)24(5)19-10-7-9-18(23)13-19/h6-13,15-16H,14H2,1-5H3. The summed E-state index contributed by atoms with van der Waals surface area (Å²) in [5, 5.41) is 0.401. The SMILES string of the molecule is CC(C)N(C(=O)COC(=O)c1cccc(S(=O)(=O)N(C)c2cccc(Cl)c2)c1)C(C)C. The van der Waals surface area contributed by atoms with E-state index in [0.29, 0.717) is 10.7 Å². The minimum atomic E-state index is -3.94. The lowest BCUT2D eigenvalue weighted by atomic mass is 10.2. The third-order valence-corrected chi connectivity index (χ3v) is 6.64. The molecule has 2 rings (SSSR count). The average molecular weight is 467 g/mol. The van der Waals surface area contributed by atoms with Crippen LogP contribution in [0, 0.1) is 0 Å². The normalized spacial score (nSPS) is 11.5. The largest absolute Gasteiger partial charge is 0.452 e. The number of hydrogen-bond acceptors (Lipinski definition) is 5. The molecule has 0 N–H and O–H groups in total. The van der Waals surface area contributed by atoms with Gasteiger partial charge in [0.2, 0.25) is 0 Å². The van der Waals surface area contributed by atoms with Gasteiger partial charge in [0.1, 0.15) is 0 Å². The van der Waals surface area contributed by atoms with Gasteiger partial charge in [-0.3, -0.25) is 9.10 Å². The summed E-state index contributed by atoms with van der Waals surface area (Å²) in [6.45, 7) is 7.10. The first-order valence-corrected chi connectivity index (χ1v) is 11.6. The molecule has 7 nitrogen and oxygen atoms in total. The number of carbonyl (C=O) groups is 2. The van der Waals surface area contributed by atoms with Gasteiger partial charge in [-0.2, -0.15) is 0 Å². The van der Waals surface area contributed by atoms with E-state index in [2.05, 4.69) is 0 Å². The number of amides is 1. The van der Waals surface area contributed by atoms with Gasteiger partial charge in [0, 0.05) is 24.2 Å². The molecule has 0 saturated carbocycles. The van der Waals surface area contributed by atoms with E-state index in [-0.39, 0.29) is 28.4 Å². The zero-order valence-electron chi connectivity index (χ0n) is 18.2. The zero-order chi connectivity index (χ0) is 23.3. The summed E-state index contributed by atoms with van der Waals surface area (Å²) >= 11 is 5.96. The molecule has 0 unspecified atom stereocenters. The summed E-state index contributed by atoms with van der Waals surface area (Å²) in [6, 6.07) is 11.8. The van der Waals surface area contributed by atoms with Gasteiger partial charge in [-0.1, -0.05) is 23.7 Å². The molecule has 168 valence electrons. The van der Waals surface area contributed by atoms with Crippen LogP contribution in [0.2, 0.25) is 5.02 Å². The number of carbonyl (C=O) groups excluding carboxylic acids is 2. The maximum Gasteiger partial charge on any atom is 0.338 e. The molecule has 31 heavy (non-hydrogen) atoms. The molecular weight excluding hydrogens is 440 g/mol. The molecule has 0 atom stereocenters. The second-order valence-corrected chi connectivity index (χ2v) is 9.95. The number of rotatable bonds is 8. The van der Waals surface area contributed by atoms with Crippen molar-refractivity contribution in [3.63, 3.8) is 0 Å². The van der Waals surface area contributed by atoms with Crippen molar-refractivity contribution in [3.8, 4) is 0 Å². The second kappa shape index (κ2) is 10.2. The van der Waals surface area contributed by atoms with Crippen molar-refractivity contribution < 1.29 is 22.7 Å². The number of sulfonamides is 1. The molecule has 0 aromatic heterocycles. The summed E-state index contributed by atoms with van der Waals surface area (Å²) in [4.78, 5) is 26.4. The van der Waals surface area contributed by atoms with Crippen LogP contribution in [0.3, 0.4) is 0 Å². The predicted octanol–water partition coefficient (Wildman–Crippen LogP) is 3.97. The van der Waals surface area contributed by atoms with E-state index in [1.807, 2.05) is 27.7 Å². The number of halogens is 1. The van der Waals surface area contributed by atoms with Gasteiger partial charge in [-0.15, -0.1) is 0 Å². The Kier molecular flexibility index (Phi) is 8.08. The monoisotopic (exact) mass is 466 g/mol. The molecule has 0 fully saturated rings. The van der Waals surface area contributed by atoms with Crippen LogP contribution in [-0.2, 0) is 19.6 Å². The summed E-state index contributed by atoms with van der Waals surface area (Å²) < 4.78 is 32.2. The zero-order valence-corrected chi connectivity index (χ0v) is 19.8. The molecule has 0 spiro atoms. The number of ether oxygens (including phenoxy) is 1. The number of benzene rings is 2. The Balaban J connectivity index is 2.19. The van der Waals surface area contributed by atoms with Crippen molar-refractivity contribution in [3.05, 3.63) is 59.1 Å². The Morgan fingerprint density at radius 3 is 2.19 bits per heavy atom. The Morgan fingerprint density at radius 1 is 1.00 bits per heavy atom. The molecular formula is C22H27ClN2O5S. The van der Waals surface area contributed by atoms with Crippen molar-refractivity contribution in [1.29, 1.82) is 0 Å². The minimum absolute atomic E-state index is 0.0361. The maximum atomic E-state index is 13.0. The fourth-order valence-corrected chi connectivity index (χ4v) is 4.63. The van der Waals surface area contributed by atoms with Gasteiger partial charge >= 0.3 is 5.97 Å². The second-order valence-electron chi connectivity index (χ2n) is 7.54. The van der Waals surface area contributed by atoms with Crippen LogP contribution in [0.4, 0.5) is 5.69 Å². The van der Waals surface area contributed by atoms with E-state index in [0.717, 1.165) is 4.31 Å². The third-order valence-electron chi connectivity index (χ3n) is 4.63. The number of esters is 1. The van der Waals surface area contributed by atoms with Crippen LogP contribution in [-0.4, -0.2) is 50.9 Å². The number of nitrogens with zero attached hydrogens (tertiary/aromatic N) is 2. The van der Waals surface area contributed by atoms with Crippen molar-refractivity contribution in [2.75, 3.05) is 18.0 Å². The van der Waals surface area contributed by atoms with Gasteiger partial charge in [0.25, 0.3) is 15.9 Å². The summed E-state index contributed by atoms with van der Waals surface area (Å²) in [5.74, 6) is -1.09. The van der Waals surface area contributed by atoms with E-state index < -0.39 is 22.6 Å². The van der Waals surface area contributed by atoms with Crippen LogP contribution >= 0.6 is 11.6 Å². The van der Waals surface area contributed by atoms with E-state index in [9.17, 15) is 18.0 Å². The lowest BCUT2D eigenvalue weighted by molar-refractivity contribution is -0.138. The quantitative estimate of drug-likeness (QED) is 0.549. The van der Waals surface area contributed by atoms with Crippen LogP contribution in [0.25, 0.3) is 0 Å². The number of anilines is 1. The fraction of sp³-hybridized carbons (Fsp3) is 0.364. The van der Waals surface area contributed by atoms with Crippen LogP contribution < -0.4 is 4.31 Å². The van der Waals surface area contributed by atoms with E-state index >= 15 is 0 Å². The van der Waals surface area contributed by atoms with Crippen molar-refractivity contribution >= 4 is 39.2 Å². The summed E-state index contributed by atoms with van der Waals surface area (Å²) in [5.41, 5.74) is 0.419. The molecule has 9 heteroatoms. The van der Waals surface area contributed by atoms with Crippen molar-refractivity contribution in [1.82, 2.24) is 4.90 Å². The molecule has 0 heterocycles. The molecule has 0 aliphatic rings. The van der Waals surface area contributed by atoms with Gasteiger partial charge < -0.3 is 9.64 Å². The van der Waals surface area contributed by atoms with Gasteiger partial charge in [-0.05, 0) is 64.1 Å². The van der Waals surface area contributed by atoms with Gasteiger partial charge in [0.05, 0.1) is 16.1 Å². The molecule has 2 aromatic rings. The highest BCUT2D eigenvalue weighted by atomic mass is 35.5. The first kappa shape index (κ1) is 24.7. The predicted molar refractivity (Wildman–Crippen MR) is 121 cm³/mol. The highest BCUT2D eigenvalue weighted by molar-refractivity contribution is 7.92. The molecule has 0 radical (unpaired) electrons. The average Bonchev–Trinajstić information content (AvgIpc) is 2.71. The highest BCUT2D eigenvalue weighted by Crippen LogP contribution is 2.25. The van der Waals surface area contributed by atoms with E-state index in [4.69, 9.17) is 16.3 Å². The van der Waals surface area contributed by atoms with Gasteiger partial charge in [-0.25, -0.2) is 13.2 Å². The first-order valence-electron chi connectivity index (χ1n) is 9.78. The van der Waals surface area contributed by atoms with Crippen LogP contribution in [0.15, 0.2) is 53.4 Å². The highest BCUT2D eigenvalue weighted by Gasteiger charge is 2.24. The molecule has 1 amide bonds. The molecule has 0 saturated heterocycles. The van der Waals surface area contributed by atoms with E-state index in [1.165, 1.54) is 37.4 Å². The smallest absolute Gasteiger partial charge is 0.338 e. The summed E-state index contributed by atoms with van der Waals surface area (Å²) in [7, 11) is -2.54. The third kappa shape index (κ3) is 5.98. The Bertz CT molecular complexity index is 1050. The van der Waals surface area contributed by atoms with Crippen molar-refractivity contribution in [2.45, 2.75) is 44.7 Å². The van der Waals surface area contributed by atoms with E-state index in [1.54, 1.807) is 23.1 Å². The summed E-state index contributed by atoms with van der Waals surface area (Å²) in [6.07, 6.45) is 0. The van der Waals surface area contributed by atoms with Crippen LogP contribution in [0.1, 0.15) is 38.1 Å². The van der Waals surface area contributed by atoms with Crippen LogP contribution in [0.5, 0.6) is 0 Å². The first-order chi connectivity index (χ1) is 14.4. The minimum Gasteiger partial charge on any atom is -0.452 e. The Hall–Kier alpha value is -2.58. The fourth-order valence-electron chi connectivity index (χ4n) is 3.21. The lowest BCUT2D eigenvalue weighted by Crippen LogP contribution is -2.44. The lowest BCUT2D eigenvalue weighted by Gasteiger charge is -2.30. The Labute approximate surface area is 188 Å². The Morgan fingerprint density at radius 2 is 1.61 bits per heavy atom. The molecule has 2 aromatic carbocycles. The van der Waals surface area contributed by atoms with Crippen molar-refractivity contribution in [2.24, 2.45) is 0 Å². The molecule has 0 bridgehead atoms. The molecule has 0 aliphatic carbocycles. The van der Waals surface area contributed by atoms with Gasteiger partial charge in [0.15, 0.2) is 6.61 Å². The number of hydrogen-bond donors (Lipinski definition) is 0. The molecule has 0 aliphatic heterocycles. The topological polar surface area (TPSA) is 84.0 Å². The maximum absolute atomic E-state index is 13.0.